The zero-order valence-corrected chi connectivity index (χ0v) is 7.25. The number of hydrogen-bond donors (Lipinski definition) is 1. The van der Waals surface area contributed by atoms with Crippen LogP contribution in [0.2, 0.25) is 0 Å². The van der Waals surface area contributed by atoms with Crippen LogP contribution in [0.1, 0.15) is 5.69 Å². The molecule has 1 aromatic rings. The van der Waals surface area contributed by atoms with Gasteiger partial charge in [-0.25, -0.2) is 4.57 Å². The van der Waals surface area contributed by atoms with Crippen LogP contribution in [-0.2, 0) is 6.54 Å². The second kappa shape index (κ2) is 5.10. The standard InChI is InChI=1S/C8H12NO.ClH/c1-8-4-2-3-5-9(8)6-7-10;/h2-5,10H,6-7H2,1H3;1H/q+1;/p-1. The van der Waals surface area contributed by atoms with Crippen LogP contribution in [0.3, 0.4) is 0 Å². The molecule has 0 radical (unpaired) electrons. The minimum absolute atomic E-state index is 0. The Kier molecular flexibility index (Phi) is 4.83. The van der Waals surface area contributed by atoms with Gasteiger partial charge in [0, 0.05) is 19.1 Å². The summed E-state index contributed by atoms with van der Waals surface area (Å²) in [6, 6.07) is 5.97. The normalized spacial score (nSPS) is 8.91. The van der Waals surface area contributed by atoms with E-state index in [0.29, 0.717) is 6.54 Å². The lowest BCUT2D eigenvalue weighted by molar-refractivity contribution is -0.704. The largest absolute Gasteiger partial charge is 1.00 e. The van der Waals surface area contributed by atoms with Gasteiger partial charge in [0.15, 0.2) is 18.4 Å². The Morgan fingerprint density at radius 3 is 2.73 bits per heavy atom. The first-order valence-corrected chi connectivity index (χ1v) is 3.40. The van der Waals surface area contributed by atoms with Crippen LogP contribution in [0.4, 0.5) is 0 Å². The summed E-state index contributed by atoms with van der Waals surface area (Å²) < 4.78 is 2.01. The predicted molar refractivity (Wildman–Crippen MR) is 38.5 cm³/mol. The molecule has 0 aliphatic carbocycles. The molecule has 0 saturated carbocycles. The maximum atomic E-state index is 8.62. The van der Waals surface area contributed by atoms with Crippen molar-refractivity contribution >= 4 is 0 Å². The van der Waals surface area contributed by atoms with Gasteiger partial charge in [-0.3, -0.25) is 0 Å². The first-order chi connectivity index (χ1) is 4.84. The van der Waals surface area contributed by atoms with Gasteiger partial charge in [0.05, 0.1) is 0 Å². The summed E-state index contributed by atoms with van der Waals surface area (Å²) in [4.78, 5) is 0. The molecule has 0 spiro atoms. The van der Waals surface area contributed by atoms with E-state index in [4.69, 9.17) is 5.11 Å². The number of aromatic nitrogens is 1. The zero-order valence-electron chi connectivity index (χ0n) is 6.50. The molecule has 0 aromatic carbocycles. The van der Waals surface area contributed by atoms with Crippen LogP contribution < -0.4 is 17.0 Å². The predicted octanol–water partition coefficient (Wildman–Crippen LogP) is -2.72. The van der Waals surface area contributed by atoms with E-state index in [-0.39, 0.29) is 19.0 Å². The molecule has 0 saturated heterocycles. The summed E-state index contributed by atoms with van der Waals surface area (Å²) in [6.45, 7) is 2.91. The van der Waals surface area contributed by atoms with Crippen molar-refractivity contribution in [2.75, 3.05) is 6.61 Å². The van der Waals surface area contributed by atoms with Gasteiger partial charge in [-0.2, -0.15) is 0 Å². The van der Waals surface area contributed by atoms with E-state index < -0.39 is 0 Å². The van der Waals surface area contributed by atoms with Gasteiger partial charge in [-0.15, -0.1) is 0 Å². The molecule has 0 fully saturated rings. The monoisotopic (exact) mass is 173 g/mol. The van der Waals surface area contributed by atoms with Crippen molar-refractivity contribution in [3.8, 4) is 0 Å². The van der Waals surface area contributed by atoms with Gasteiger partial charge >= 0.3 is 0 Å². The Labute approximate surface area is 72.9 Å². The van der Waals surface area contributed by atoms with Crippen LogP contribution in [0.15, 0.2) is 24.4 Å². The maximum Gasteiger partial charge on any atom is 0.178 e. The Morgan fingerprint density at radius 2 is 2.18 bits per heavy atom. The van der Waals surface area contributed by atoms with Crippen LogP contribution in [0.5, 0.6) is 0 Å². The summed E-state index contributed by atoms with van der Waals surface area (Å²) in [5.41, 5.74) is 1.18. The first kappa shape index (κ1) is 10.4. The first-order valence-electron chi connectivity index (χ1n) is 3.40. The van der Waals surface area contributed by atoms with Crippen LogP contribution in [0.25, 0.3) is 0 Å². The van der Waals surface area contributed by atoms with E-state index in [1.807, 2.05) is 35.9 Å². The number of hydrogen-bond acceptors (Lipinski definition) is 1. The molecule has 0 aliphatic rings. The fraction of sp³-hybridized carbons (Fsp3) is 0.375. The molecule has 11 heavy (non-hydrogen) atoms. The highest BCUT2D eigenvalue weighted by atomic mass is 35.5. The summed E-state index contributed by atoms with van der Waals surface area (Å²) in [5, 5.41) is 8.62. The van der Waals surface area contributed by atoms with Crippen LogP contribution >= 0.6 is 0 Å². The molecule has 1 rings (SSSR count). The van der Waals surface area contributed by atoms with E-state index >= 15 is 0 Å². The van der Waals surface area contributed by atoms with Gasteiger partial charge in [-0.05, 0) is 0 Å². The van der Waals surface area contributed by atoms with Crippen molar-refractivity contribution in [1.29, 1.82) is 0 Å². The van der Waals surface area contributed by atoms with Crippen molar-refractivity contribution in [3.63, 3.8) is 0 Å². The Bertz CT molecular complexity index is 215. The van der Waals surface area contributed by atoms with E-state index in [9.17, 15) is 0 Å². The zero-order chi connectivity index (χ0) is 7.40. The summed E-state index contributed by atoms with van der Waals surface area (Å²) >= 11 is 0. The smallest absolute Gasteiger partial charge is 0.178 e. The molecule has 1 N–H and O–H groups in total. The minimum atomic E-state index is 0. The third kappa shape index (κ3) is 2.87. The van der Waals surface area contributed by atoms with Gasteiger partial charge in [0.1, 0.15) is 6.61 Å². The van der Waals surface area contributed by atoms with E-state index in [0.717, 1.165) is 0 Å². The Balaban J connectivity index is 0.000001000. The number of aryl methyl sites for hydroxylation is 1. The summed E-state index contributed by atoms with van der Waals surface area (Å²) in [7, 11) is 0. The molecular formula is C8H12ClNO. The molecule has 0 aliphatic heterocycles. The topological polar surface area (TPSA) is 24.1 Å². The van der Waals surface area contributed by atoms with Gasteiger partial charge < -0.3 is 17.5 Å². The van der Waals surface area contributed by atoms with E-state index in [2.05, 4.69) is 0 Å². The van der Waals surface area contributed by atoms with E-state index in [1.54, 1.807) is 0 Å². The molecule has 2 nitrogen and oxygen atoms in total. The molecule has 3 heteroatoms. The second-order valence-electron chi connectivity index (χ2n) is 2.26. The number of halogens is 1. The number of nitrogens with zero attached hydrogens (tertiary/aromatic N) is 1. The quantitative estimate of drug-likeness (QED) is 0.483. The lowest BCUT2D eigenvalue weighted by Crippen LogP contribution is -3.00. The lowest BCUT2D eigenvalue weighted by atomic mass is 10.3. The third-order valence-corrected chi connectivity index (χ3v) is 1.51. The van der Waals surface area contributed by atoms with Crippen LogP contribution in [0, 0.1) is 6.92 Å². The third-order valence-electron chi connectivity index (χ3n) is 1.51. The van der Waals surface area contributed by atoms with Crippen molar-refractivity contribution < 1.29 is 22.1 Å². The van der Waals surface area contributed by atoms with Gasteiger partial charge in [-0.1, -0.05) is 6.07 Å². The number of aliphatic hydroxyl groups excluding tert-OH is 1. The van der Waals surface area contributed by atoms with E-state index in [1.165, 1.54) is 5.69 Å². The molecule has 62 valence electrons. The van der Waals surface area contributed by atoms with Gasteiger partial charge in [0.2, 0.25) is 0 Å². The molecule has 0 bridgehead atoms. The van der Waals surface area contributed by atoms with Crippen molar-refractivity contribution in [3.05, 3.63) is 30.1 Å². The maximum absolute atomic E-state index is 8.62. The molecule has 0 atom stereocenters. The van der Waals surface area contributed by atoms with Crippen molar-refractivity contribution in [2.24, 2.45) is 0 Å². The van der Waals surface area contributed by atoms with Crippen LogP contribution in [-0.4, -0.2) is 11.7 Å². The Hall–Kier alpha value is -0.600. The number of pyridine rings is 1. The average Bonchev–Trinajstić information content (AvgIpc) is 1.94. The Morgan fingerprint density at radius 1 is 1.45 bits per heavy atom. The summed E-state index contributed by atoms with van der Waals surface area (Å²) in [6.07, 6.45) is 1.96. The minimum Gasteiger partial charge on any atom is -1.00 e. The summed E-state index contributed by atoms with van der Waals surface area (Å²) in [5.74, 6) is 0. The highest BCUT2D eigenvalue weighted by Crippen LogP contribution is 1.86. The molecular weight excluding hydrogens is 162 g/mol. The van der Waals surface area contributed by atoms with Crippen molar-refractivity contribution in [1.82, 2.24) is 0 Å². The number of aliphatic hydroxyl groups is 1. The molecule has 0 amide bonds. The fourth-order valence-corrected chi connectivity index (χ4v) is 0.920. The van der Waals surface area contributed by atoms with Gasteiger partial charge in [0.25, 0.3) is 0 Å². The van der Waals surface area contributed by atoms with Crippen molar-refractivity contribution in [2.45, 2.75) is 13.5 Å². The average molecular weight is 174 g/mol. The number of rotatable bonds is 2. The highest BCUT2D eigenvalue weighted by Gasteiger charge is 2.00. The molecule has 1 heterocycles. The lowest BCUT2D eigenvalue weighted by Gasteiger charge is -1.94. The fourth-order valence-electron chi connectivity index (χ4n) is 0.920. The SMILES string of the molecule is Cc1cccc[n+]1CCO.[Cl-]. The second-order valence-corrected chi connectivity index (χ2v) is 2.26. The molecule has 0 unspecified atom stereocenters. The molecule has 1 aromatic heterocycles. The highest BCUT2D eigenvalue weighted by molar-refractivity contribution is 4.93.